The molecule has 2 rings (SSSR count). The van der Waals surface area contributed by atoms with Gasteiger partial charge in [-0.2, -0.15) is 0 Å². The molecule has 1 heterocycles. The fourth-order valence-electron chi connectivity index (χ4n) is 1.79. The number of hydrogen-bond acceptors (Lipinski definition) is 3. The Balaban J connectivity index is 2.08. The molecule has 3 nitrogen and oxygen atoms in total. The second kappa shape index (κ2) is 6.21. The Morgan fingerprint density at radius 3 is 2.47 bits per heavy atom. The van der Waals surface area contributed by atoms with Crippen molar-refractivity contribution in [3.05, 3.63) is 50.6 Å². The van der Waals surface area contributed by atoms with E-state index in [2.05, 4.69) is 38.9 Å². The molecule has 0 aliphatic carbocycles. The molecule has 1 amide bonds. The zero-order valence-corrected chi connectivity index (χ0v) is 13.1. The fourth-order valence-corrected chi connectivity index (χ4v) is 3.52. The lowest BCUT2D eigenvalue weighted by Gasteiger charge is -2.14. The monoisotopic (exact) mass is 338 g/mol. The lowest BCUT2D eigenvalue weighted by Crippen LogP contribution is -2.17. The van der Waals surface area contributed by atoms with Crippen LogP contribution in [0.4, 0.5) is 5.69 Å². The molecule has 2 N–H and O–H groups in total. The molecule has 0 saturated carbocycles. The Morgan fingerprint density at radius 2 is 1.95 bits per heavy atom. The third kappa shape index (κ3) is 3.36. The van der Waals surface area contributed by atoms with Crippen molar-refractivity contribution in [1.29, 1.82) is 0 Å². The second-order valence-corrected chi connectivity index (χ2v) is 5.96. The summed E-state index contributed by atoms with van der Waals surface area (Å²) in [6.45, 7) is 2.11. The Hall–Kier alpha value is -1.33. The molecule has 0 bridgehead atoms. The van der Waals surface area contributed by atoms with Gasteiger partial charge in [-0.1, -0.05) is 0 Å². The molecule has 0 fully saturated rings. The first-order valence-corrected chi connectivity index (χ1v) is 7.60. The van der Waals surface area contributed by atoms with Gasteiger partial charge in [-0.05, 0) is 58.6 Å². The fraction of sp³-hybridized carbons (Fsp3) is 0.214. The largest absolute Gasteiger partial charge is 0.378 e. The summed E-state index contributed by atoms with van der Waals surface area (Å²) in [6.07, 6.45) is 0. The molecule has 0 spiro atoms. The highest BCUT2D eigenvalue weighted by atomic mass is 79.9. The number of halogens is 1. The molecular formula is C14H15BrN2OS. The number of carbonyl (C=O) groups is 1. The van der Waals surface area contributed by atoms with Gasteiger partial charge >= 0.3 is 0 Å². The topological polar surface area (TPSA) is 41.1 Å². The van der Waals surface area contributed by atoms with Gasteiger partial charge < -0.3 is 10.6 Å². The highest BCUT2D eigenvalue weighted by Gasteiger charge is 2.11. The Morgan fingerprint density at radius 1 is 1.26 bits per heavy atom. The Kier molecular flexibility index (Phi) is 4.61. The molecule has 5 heteroatoms. The van der Waals surface area contributed by atoms with Crippen LogP contribution in [0.3, 0.4) is 0 Å². The number of thiophene rings is 1. The van der Waals surface area contributed by atoms with Crippen molar-refractivity contribution in [2.75, 3.05) is 12.4 Å². The maximum atomic E-state index is 11.4. The second-order valence-electron chi connectivity index (χ2n) is 4.16. The van der Waals surface area contributed by atoms with Crippen LogP contribution in [0.15, 0.2) is 40.2 Å². The van der Waals surface area contributed by atoms with E-state index in [1.54, 1.807) is 18.4 Å². The number of rotatable bonds is 4. The maximum Gasteiger partial charge on any atom is 0.251 e. The molecule has 1 aromatic heterocycles. The van der Waals surface area contributed by atoms with Crippen molar-refractivity contribution in [3.8, 4) is 0 Å². The molecule has 1 atom stereocenters. The Labute approximate surface area is 125 Å². The van der Waals surface area contributed by atoms with Crippen LogP contribution in [0, 0.1) is 0 Å². The Bertz CT molecular complexity index is 565. The van der Waals surface area contributed by atoms with Gasteiger partial charge in [0.25, 0.3) is 5.91 Å². The minimum absolute atomic E-state index is 0.0689. The minimum Gasteiger partial charge on any atom is -0.378 e. The lowest BCUT2D eigenvalue weighted by molar-refractivity contribution is 0.0963. The maximum absolute atomic E-state index is 11.4. The number of carbonyl (C=O) groups excluding carboxylic acids is 1. The molecule has 1 unspecified atom stereocenters. The molecule has 0 radical (unpaired) electrons. The van der Waals surface area contributed by atoms with Crippen LogP contribution in [-0.2, 0) is 0 Å². The standard InChI is InChI=1S/C14H15BrN2OS/c1-9(13-12(15)7-8-19-13)17-11-5-3-10(4-6-11)14(18)16-2/h3-9,17H,1-2H3,(H,16,18). The number of nitrogens with one attached hydrogen (secondary N) is 2. The van der Waals surface area contributed by atoms with Crippen molar-refractivity contribution in [3.63, 3.8) is 0 Å². The van der Waals surface area contributed by atoms with E-state index in [9.17, 15) is 4.79 Å². The van der Waals surface area contributed by atoms with Crippen molar-refractivity contribution in [2.45, 2.75) is 13.0 Å². The molecular weight excluding hydrogens is 324 g/mol. The summed E-state index contributed by atoms with van der Waals surface area (Å²) in [5.41, 5.74) is 1.67. The third-order valence-electron chi connectivity index (χ3n) is 2.80. The van der Waals surface area contributed by atoms with Gasteiger partial charge in [-0.15, -0.1) is 11.3 Å². The van der Waals surface area contributed by atoms with E-state index in [1.165, 1.54) is 4.88 Å². The van der Waals surface area contributed by atoms with E-state index in [0.29, 0.717) is 5.56 Å². The van der Waals surface area contributed by atoms with Gasteiger partial charge in [-0.25, -0.2) is 0 Å². The van der Waals surface area contributed by atoms with Crippen LogP contribution in [0.1, 0.15) is 28.2 Å². The van der Waals surface area contributed by atoms with Gasteiger partial charge in [0, 0.05) is 27.6 Å². The first-order valence-electron chi connectivity index (χ1n) is 5.93. The summed E-state index contributed by atoms with van der Waals surface area (Å²) >= 11 is 5.25. The summed E-state index contributed by atoms with van der Waals surface area (Å²) in [6, 6.07) is 9.74. The highest BCUT2D eigenvalue weighted by molar-refractivity contribution is 9.10. The molecule has 100 valence electrons. The van der Waals surface area contributed by atoms with E-state index < -0.39 is 0 Å². The normalized spacial score (nSPS) is 11.9. The van der Waals surface area contributed by atoms with E-state index >= 15 is 0 Å². The third-order valence-corrected chi connectivity index (χ3v) is 4.85. The van der Waals surface area contributed by atoms with Crippen molar-refractivity contribution < 1.29 is 4.79 Å². The zero-order valence-electron chi connectivity index (χ0n) is 10.7. The van der Waals surface area contributed by atoms with Crippen LogP contribution in [-0.4, -0.2) is 13.0 Å². The quantitative estimate of drug-likeness (QED) is 0.883. The highest BCUT2D eigenvalue weighted by Crippen LogP contribution is 2.30. The van der Waals surface area contributed by atoms with Crippen LogP contribution in [0.2, 0.25) is 0 Å². The van der Waals surface area contributed by atoms with Gasteiger partial charge in [0.05, 0.1) is 6.04 Å². The van der Waals surface area contributed by atoms with Gasteiger partial charge in [-0.3, -0.25) is 4.79 Å². The number of anilines is 1. The summed E-state index contributed by atoms with van der Waals surface area (Å²) in [5.74, 6) is -0.0689. The van der Waals surface area contributed by atoms with Gasteiger partial charge in [0.1, 0.15) is 0 Å². The lowest BCUT2D eigenvalue weighted by atomic mass is 10.2. The van der Waals surface area contributed by atoms with Crippen LogP contribution in [0.25, 0.3) is 0 Å². The first kappa shape index (κ1) is 14.1. The smallest absolute Gasteiger partial charge is 0.251 e. The molecule has 1 aromatic carbocycles. The SMILES string of the molecule is CNC(=O)c1ccc(NC(C)c2sccc2Br)cc1. The number of hydrogen-bond donors (Lipinski definition) is 2. The summed E-state index contributed by atoms with van der Waals surface area (Å²) in [4.78, 5) is 12.7. The van der Waals surface area contributed by atoms with Crippen LogP contribution >= 0.6 is 27.3 Å². The van der Waals surface area contributed by atoms with Gasteiger partial charge in [0.2, 0.25) is 0 Å². The zero-order chi connectivity index (χ0) is 13.8. The molecule has 0 saturated heterocycles. The number of amides is 1. The summed E-state index contributed by atoms with van der Waals surface area (Å²) < 4.78 is 1.12. The molecule has 19 heavy (non-hydrogen) atoms. The predicted molar refractivity (Wildman–Crippen MR) is 83.9 cm³/mol. The van der Waals surface area contributed by atoms with Gasteiger partial charge in [0.15, 0.2) is 0 Å². The average Bonchev–Trinajstić information content (AvgIpc) is 2.85. The van der Waals surface area contributed by atoms with Crippen molar-refractivity contribution in [2.24, 2.45) is 0 Å². The predicted octanol–water partition coefficient (Wildman–Crippen LogP) is 4.04. The average molecular weight is 339 g/mol. The summed E-state index contributed by atoms with van der Waals surface area (Å²) in [5, 5.41) is 8.09. The van der Waals surface area contributed by atoms with E-state index in [0.717, 1.165) is 10.2 Å². The summed E-state index contributed by atoms with van der Waals surface area (Å²) in [7, 11) is 1.63. The van der Waals surface area contributed by atoms with E-state index in [4.69, 9.17) is 0 Å². The van der Waals surface area contributed by atoms with Crippen molar-refractivity contribution in [1.82, 2.24) is 5.32 Å². The molecule has 0 aliphatic heterocycles. The number of benzene rings is 1. The molecule has 0 aliphatic rings. The van der Waals surface area contributed by atoms with Crippen molar-refractivity contribution >= 4 is 38.9 Å². The molecule has 2 aromatic rings. The van der Waals surface area contributed by atoms with Crippen LogP contribution in [0.5, 0.6) is 0 Å². The first-order chi connectivity index (χ1) is 9.11. The van der Waals surface area contributed by atoms with Crippen LogP contribution < -0.4 is 10.6 Å². The minimum atomic E-state index is -0.0689. The van der Waals surface area contributed by atoms with E-state index in [1.807, 2.05) is 30.3 Å². The van der Waals surface area contributed by atoms with E-state index in [-0.39, 0.29) is 11.9 Å².